The quantitative estimate of drug-likeness (QED) is 0.397. The van der Waals surface area contributed by atoms with Crippen LogP contribution in [-0.4, -0.2) is 43.6 Å². The molecule has 1 aliphatic rings. The Balaban J connectivity index is 1.44. The Labute approximate surface area is 178 Å². The highest BCUT2D eigenvalue weighted by atomic mass is 19.4. The minimum Gasteiger partial charge on any atom is -0.475 e. The Bertz CT molecular complexity index is 916. The van der Waals surface area contributed by atoms with Gasteiger partial charge in [-0.3, -0.25) is 9.79 Å². The summed E-state index contributed by atoms with van der Waals surface area (Å²) in [4.78, 5) is 21.3. The predicted molar refractivity (Wildman–Crippen MR) is 111 cm³/mol. The van der Waals surface area contributed by atoms with Crippen LogP contribution < -0.4 is 20.3 Å². The van der Waals surface area contributed by atoms with Crippen LogP contribution in [0, 0.1) is 0 Å². The predicted octanol–water partition coefficient (Wildman–Crippen LogP) is 2.97. The Morgan fingerprint density at radius 2 is 2.00 bits per heavy atom. The molecule has 0 bridgehead atoms. The molecule has 1 fully saturated rings. The van der Waals surface area contributed by atoms with E-state index in [0.717, 1.165) is 30.3 Å². The molecule has 7 nitrogen and oxygen atoms in total. The highest BCUT2D eigenvalue weighted by Crippen LogP contribution is 2.34. The second-order valence-electron chi connectivity index (χ2n) is 6.87. The van der Waals surface area contributed by atoms with E-state index in [4.69, 9.17) is 4.74 Å². The lowest BCUT2D eigenvalue weighted by Crippen LogP contribution is -2.39. The SMILES string of the molecule is CN=C(NCCOc1ncccc1C(F)(F)F)NCc1ccc(N2CCCC2=O)cc1. The zero-order valence-corrected chi connectivity index (χ0v) is 17.1. The van der Waals surface area contributed by atoms with Crippen molar-refractivity contribution in [2.45, 2.75) is 25.6 Å². The molecule has 0 aliphatic carbocycles. The number of alkyl halides is 3. The van der Waals surface area contributed by atoms with E-state index >= 15 is 0 Å². The summed E-state index contributed by atoms with van der Waals surface area (Å²) >= 11 is 0. The van der Waals surface area contributed by atoms with Crippen LogP contribution in [0.4, 0.5) is 18.9 Å². The molecule has 2 aromatic rings. The summed E-state index contributed by atoms with van der Waals surface area (Å²) in [7, 11) is 1.60. The summed E-state index contributed by atoms with van der Waals surface area (Å²) in [5.74, 6) is 0.182. The second kappa shape index (κ2) is 10.1. The molecular weight excluding hydrogens is 411 g/mol. The van der Waals surface area contributed by atoms with Crippen LogP contribution in [-0.2, 0) is 17.5 Å². The smallest absolute Gasteiger partial charge is 0.421 e. The van der Waals surface area contributed by atoms with E-state index < -0.39 is 17.6 Å². The molecule has 0 atom stereocenters. The first-order chi connectivity index (χ1) is 14.9. The molecule has 2 heterocycles. The molecule has 0 spiro atoms. The van der Waals surface area contributed by atoms with E-state index in [1.54, 1.807) is 11.9 Å². The van der Waals surface area contributed by atoms with Crippen molar-refractivity contribution >= 4 is 17.6 Å². The fourth-order valence-corrected chi connectivity index (χ4v) is 3.16. The van der Waals surface area contributed by atoms with E-state index in [-0.39, 0.29) is 19.1 Å². The molecule has 166 valence electrons. The number of amides is 1. The van der Waals surface area contributed by atoms with E-state index in [0.29, 0.717) is 18.9 Å². The number of hydrogen-bond acceptors (Lipinski definition) is 4. The molecule has 1 saturated heterocycles. The van der Waals surface area contributed by atoms with Gasteiger partial charge in [0.1, 0.15) is 12.2 Å². The number of aromatic nitrogens is 1. The third-order valence-corrected chi connectivity index (χ3v) is 4.71. The maximum Gasteiger partial charge on any atom is 0.421 e. The Hall–Kier alpha value is -3.30. The number of hydrogen-bond donors (Lipinski definition) is 2. The fourth-order valence-electron chi connectivity index (χ4n) is 3.16. The average Bonchev–Trinajstić information content (AvgIpc) is 3.19. The number of anilines is 1. The topological polar surface area (TPSA) is 78.9 Å². The number of carbonyl (C=O) groups excluding carboxylic acids is 1. The minimum absolute atomic E-state index is 0.0145. The highest BCUT2D eigenvalue weighted by Gasteiger charge is 2.35. The van der Waals surface area contributed by atoms with Gasteiger partial charge in [0.2, 0.25) is 11.8 Å². The van der Waals surface area contributed by atoms with Gasteiger partial charge in [-0.15, -0.1) is 0 Å². The maximum atomic E-state index is 12.9. The number of nitrogens with zero attached hydrogens (tertiary/aromatic N) is 3. The Kier molecular flexibility index (Phi) is 7.32. The van der Waals surface area contributed by atoms with Crippen LogP contribution in [0.25, 0.3) is 0 Å². The van der Waals surface area contributed by atoms with Crippen LogP contribution in [0.1, 0.15) is 24.0 Å². The lowest BCUT2D eigenvalue weighted by atomic mass is 10.2. The number of pyridine rings is 1. The van der Waals surface area contributed by atoms with Gasteiger partial charge in [0, 0.05) is 38.4 Å². The molecule has 2 N–H and O–H groups in total. The molecule has 31 heavy (non-hydrogen) atoms. The summed E-state index contributed by atoms with van der Waals surface area (Å²) in [6, 6.07) is 9.84. The first-order valence-electron chi connectivity index (χ1n) is 9.87. The van der Waals surface area contributed by atoms with Gasteiger partial charge >= 0.3 is 6.18 Å². The van der Waals surface area contributed by atoms with Crippen molar-refractivity contribution in [1.82, 2.24) is 15.6 Å². The number of halogens is 3. The van der Waals surface area contributed by atoms with Gasteiger partial charge in [-0.1, -0.05) is 12.1 Å². The van der Waals surface area contributed by atoms with Crippen molar-refractivity contribution in [2.75, 3.05) is 31.6 Å². The molecule has 1 aliphatic heterocycles. The number of aliphatic imine (C=N–C) groups is 1. The molecular formula is C21H24F3N5O2. The third-order valence-electron chi connectivity index (χ3n) is 4.71. The van der Waals surface area contributed by atoms with E-state index in [1.807, 2.05) is 24.3 Å². The number of ether oxygens (including phenoxy) is 1. The molecule has 0 saturated carbocycles. The number of guanidine groups is 1. The van der Waals surface area contributed by atoms with Crippen molar-refractivity contribution in [3.8, 4) is 5.88 Å². The normalized spacial score (nSPS) is 14.6. The van der Waals surface area contributed by atoms with Gasteiger partial charge in [0.05, 0.1) is 6.54 Å². The summed E-state index contributed by atoms with van der Waals surface area (Å²) in [6.07, 6.45) is -1.80. The zero-order valence-electron chi connectivity index (χ0n) is 17.1. The molecule has 1 aromatic carbocycles. The summed E-state index contributed by atoms with van der Waals surface area (Å²) < 4.78 is 44.0. The second-order valence-corrected chi connectivity index (χ2v) is 6.87. The molecule has 1 aromatic heterocycles. The average molecular weight is 435 g/mol. The Morgan fingerprint density at radius 1 is 1.23 bits per heavy atom. The summed E-state index contributed by atoms with van der Waals surface area (Å²) in [6.45, 7) is 1.47. The van der Waals surface area contributed by atoms with Crippen LogP contribution in [0.15, 0.2) is 47.6 Å². The molecule has 0 radical (unpaired) electrons. The van der Waals surface area contributed by atoms with Crippen LogP contribution in [0.2, 0.25) is 0 Å². The molecule has 10 heteroatoms. The number of rotatable bonds is 7. The summed E-state index contributed by atoms with van der Waals surface area (Å²) in [5.41, 5.74) is 0.980. The van der Waals surface area contributed by atoms with E-state index in [1.165, 1.54) is 12.3 Å². The lowest BCUT2D eigenvalue weighted by molar-refractivity contribution is -0.139. The van der Waals surface area contributed by atoms with Crippen molar-refractivity contribution < 1.29 is 22.7 Å². The van der Waals surface area contributed by atoms with Gasteiger partial charge in [-0.2, -0.15) is 13.2 Å². The first-order valence-corrected chi connectivity index (χ1v) is 9.87. The van der Waals surface area contributed by atoms with Crippen molar-refractivity contribution in [3.05, 3.63) is 53.7 Å². The lowest BCUT2D eigenvalue weighted by Gasteiger charge is -2.16. The van der Waals surface area contributed by atoms with Crippen LogP contribution >= 0.6 is 0 Å². The van der Waals surface area contributed by atoms with Gasteiger partial charge in [0.15, 0.2) is 5.96 Å². The molecule has 0 unspecified atom stereocenters. The summed E-state index contributed by atoms with van der Waals surface area (Å²) in [5, 5.41) is 6.11. The first kappa shape index (κ1) is 22.4. The maximum absolute atomic E-state index is 12.9. The third kappa shape index (κ3) is 6.09. The largest absolute Gasteiger partial charge is 0.475 e. The Morgan fingerprint density at radius 3 is 2.65 bits per heavy atom. The number of nitrogens with one attached hydrogen (secondary N) is 2. The van der Waals surface area contributed by atoms with Crippen LogP contribution in [0.5, 0.6) is 5.88 Å². The van der Waals surface area contributed by atoms with Gasteiger partial charge in [-0.25, -0.2) is 4.98 Å². The standard InChI is InChI=1S/C21H24F3N5O2/c1-25-20(27-11-13-31-19-17(21(22,23)24)4-2-10-26-19)28-14-15-6-8-16(9-7-15)29-12-3-5-18(29)30/h2,4,6-10H,3,5,11-14H2,1H3,(H2,25,27,28). The van der Waals surface area contributed by atoms with Gasteiger partial charge in [-0.05, 0) is 36.2 Å². The molecule has 1 amide bonds. The number of benzene rings is 1. The fraction of sp³-hybridized carbons (Fsp3) is 0.381. The van der Waals surface area contributed by atoms with Crippen LogP contribution in [0.3, 0.4) is 0 Å². The van der Waals surface area contributed by atoms with Crippen molar-refractivity contribution in [1.29, 1.82) is 0 Å². The van der Waals surface area contributed by atoms with Crippen molar-refractivity contribution in [3.63, 3.8) is 0 Å². The van der Waals surface area contributed by atoms with Gasteiger partial charge in [0.25, 0.3) is 0 Å². The molecule has 3 rings (SSSR count). The van der Waals surface area contributed by atoms with Gasteiger partial charge < -0.3 is 20.3 Å². The van der Waals surface area contributed by atoms with E-state index in [9.17, 15) is 18.0 Å². The monoisotopic (exact) mass is 435 g/mol. The van der Waals surface area contributed by atoms with Crippen molar-refractivity contribution in [2.24, 2.45) is 4.99 Å². The number of carbonyl (C=O) groups is 1. The minimum atomic E-state index is -4.52. The van der Waals surface area contributed by atoms with E-state index in [2.05, 4.69) is 20.6 Å². The highest BCUT2D eigenvalue weighted by molar-refractivity contribution is 5.95. The zero-order chi connectivity index (χ0) is 22.3.